The predicted molar refractivity (Wildman–Crippen MR) is 63.1 cm³/mol. The molecule has 1 aliphatic heterocycles. The zero-order chi connectivity index (χ0) is 10.9. The number of nitrogens with zero attached hydrogens (tertiary/aromatic N) is 1. The summed E-state index contributed by atoms with van der Waals surface area (Å²) in [6.45, 7) is 5.21. The normalized spacial score (nSPS) is 31.7. The lowest BCUT2D eigenvalue weighted by molar-refractivity contribution is -0.0750. The maximum Gasteiger partial charge on any atom is 0.180 e. The van der Waals surface area contributed by atoms with Gasteiger partial charge in [0, 0.05) is 17.9 Å². The zero-order valence-electron chi connectivity index (χ0n) is 9.32. The van der Waals surface area contributed by atoms with E-state index in [4.69, 9.17) is 10.5 Å². The number of hydrogen-bond acceptors (Lipinski definition) is 4. The van der Waals surface area contributed by atoms with Gasteiger partial charge in [-0.2, -0.15) is 0 Å². The first-order valence-corrected chi connectivity index (χ1v) is 6.36. The second-order valence-electron chi connectivity index (χ2n) is 4.45. The van der Waals surface area contributed by atoms with Gasteiger partial charge in [-0.15, -0.1) is 11.3 Å². The first-order valence-electron chi connectivity index (χ1n) is 5.48. The molecule has 84 valence electrons. The number of nitrogen functional groups attached to an aromatic ring is 1. The van der Waals surface area contributed by atoms with Gasteiger partial charge in [-0.1, -0.05) is 6.92 Å². The minimum atomic E-state index is 0.0291. The summed E-state index contributed by atoms with van der Waals surface area (Å²) in [6.07, 6.45) is 3.19. The Labute approximate surface area is 94.7 Å². The molecule has 2 heterocycles. The molecule has 0 saturated carbocycles. The third-order valence-corrected chi connectivity index (χ3v) is 3.99. The van der Waals surface area contributed by atoms with Crippen LogP contribution in [0.5, 0.6) is 0 Å². The molecule has 4 heteroatoms. The van der Waals surface area contributed by atoms with E-state index >= 15 is 0 Å². The van der Waals surface area contributed by atoms with Gasteiger partial charge in [0.05, 0.1) is 11.3 Å². The Kier molecular flexibility index (Phi) is 2.98. The predicted octanol–water partition coefficient (Wildman–Crippen LogP) is 2.79. The summed E-state index contributed by atoms with van der Waals surface area (Å²) >= 11 is 1.53. The van der Waals surface area contributed by atoms with Crippen LogP contribution in [-0.4, -0.2) is 17.2 Å². The summed E-state index contributed by atoms with van der Waals surface area (Å²) in [5, 5.41) is 2.76. The van der Waals surface area contributed by atoms with Gasteiger partial charge >= 0.3 is 0 Å². The molecule has 0 aliphatic carbocycles. The summed E-state index contributed by atoms with van der Waals surface area (Å²) in [5.41, 5.74) is 6.84. The number of nitrogens with two attached hydrogens (primary N) is 1. The largest absolute Gasteiger partial charge is 0.375 e. The molecule has 0 spiro atoms. The van der Waals surface area contributed by atoms with Crippen molar-refractivity contribution in [3.63, 3.8) is 0 Å². The van der Waals surface area contributed by atoms with Crippen molar-refractivity contribution in [1.82, 2.24) is 4.98 Å². The summed E-state index contributed by atoms with van der Waals surface area (Å²) in [5.74, 6) is 0.525. The molecule has 2 atom stereocenters. The van der Waals surface area contributed by atoms with E-state index in [1.54, 1.807) is 0 Å². The lowest BCUT2D eigenvalue weighted by atomic mass is 9.84. The number of ether oxygens (including phenoxy) is 1. The molecule has 1 saturated heterocycles. The Bertz CT molecular complexity index is 339. The molecule has 2 rings (SSSR count). The SMILES string of the molecule is CC[C@]1(C)C[C@@H](c2csc(N)n2)CCO1. The molecule has 15 heavy (non-hydrogen) atoms. The topological polar surface area (TPSA) is 48.1 Å². The summed E-state index contributed by atoms with van der Waals surface area (Å²) in [7, 11) is 0. The Balaban J connectivity index is 2.11. The van der Waals surface area contributed by atoms with Gasteiger partial charge in [0.15, 0.2) is 5.13 Å². The molecule has 1 aromatic heterocycles. The van der Waals surface area contributed by atoms with Gasteiger partial charge in [0.2, 0.25) is 0 Å². The molecule has 3 nitrogen and oxygen atoms in total. The maximum atomic E-state index is 5.82. The second kappa shape index (κ2) is 4.10. The van der Waals surface area contributed by atoms with E-state index < -0.39 is 0 Å². The van der Waals surface area contributed by atoms with Gasteiger partial charge in [-0.25, -0.2) is 4.98 Å². The van der Waals surface area contributed by atoms with E-state index in [0.29, 0.717) is 11.0 Å². The smallest absolute Gasteiger partial charge is 0.180 e. The van der Waals surface area contributed by atoms with Gasteiger partial charge in [0.1, 0.15) is 0 Å². The van der Waals surface area contributed by atoms with Gasteiger partial charge in [-0.05, 0) is 26.2 Å². The summed E-state index contributed by atoms with van der Waals surface area (Å²) in [4.78, 5) is 4.37. The van der Waals surface area contributed by atoms with E-state index in [0.717, 1.165) is 31.6 Å². The van der Waals surface area contributed by atoms with Gasteiger partial charge in [-0.3, -0.25) is 0 Å². The van der Waals surface area contributed by atoms with Crippen LogP contribution in [0.1, 0.15) is 44.7 Å². The van der Waals surface area contributed by atoms with Crippen LogP contribution in [0.3, 0.4) is 0 Å². The molecule has 1 aliphatic rings. The molecule has 0 aromatic carbocycles. The fraction of sp³-hybridized carbons (Fsp3) is 0.727. The van der Waals surface area contributed by atoms with Crippen molar-refractivity contribution in [2.24, 2.45) is 0 Å². The average molecular weight is 226 g/mol. The van der Waals surface area contributed by atoms with E-state index in [2.05, 4.69) is 24.2 Å². The lowest BCUT2D eigenvalue weighted by Gasteiger charge is -2.37. The first-order chi connectivity index (χ1) is 7.13. The summed E-state index contributed by atoms with van der Waals surface area (Å²) < 4.78 is 5.82. The van der Waals surface area contributed by atoms with Gasteiger partial charge in [0.25, 0.3) is 0 Å². The maximum absolute atomic E-state index is 5.82. The van der Waals surface area contributed by atoms with Crippen LogP contribution in [0, 0.1) is 0 Å². The third-order valence-electron chi connectivity index (χ3n) is 3.30. The Hall–Kier alpha value is -0.610. The van der Waals surface area contributed by atoms with Crippen LogP contribution in [0.4, 0.5) is 5.13 Å². The number of thiazole rings is 1. The van der Waals surface area contributed by atoms with Gasteiger partial charge < -0.3 is 10.5 Å². The molecular weight excluding hydrogens is 208 g/mol. The summed E-state index contributed by atoms with van der Waals surface area (Å²) in [6, 6.07) is 0. The average Bonchev–Trinajstić information content (AvgIpc) is 2.65. The van der Waals surface area contributed by atoms with Crippen molar-refractivity contribution in [2.75, 3.05) is 12.3 Å². The van der Waals surface area contributed by atoms with Crippen LogP contribution in [-0.2, 0) is 4.74 Å². The molecule has 1 aromatic rings. The minimum absolute atomic E-state index is 0.0291. The molecule has 0 amide bonds. The van der Waals surface area contributed by atoms with Crippen molar-refractivity contribution in [1.29, 1.82) is 0 Å². The van der Waals surface area contributed by atoms with Crippen LogP contribution in [0.15, 0.2) is 5.38 Å². The highest BCUT2D eigenvalue weighted by atomic mass is 32.1. The molecule has 2 N–H and O–H groups in total. The van der Waals surface area contributed by atoms with Crippen LogP contribution in [0.2, 0.25) is 0 Å². The fourth-order valence-corrected chi connectivity index (χ4v) is 2.76. The molecule has 0 unspecified atom stereocenters. The standard InChI is InChI=1S/C11H18N2OS/c1-3-11(2)6-8(4-5-14-11)9-7-15-10(12)13-9/h7-8H,3-6H2,1-2H3,(H2,12,13)/t8-,11+/m0/s1. The highest BCUT2D eigenvalue weighted by molar-refractivity contribution is 7.13. The van der Waals surface area contributed by atoms with E-state index in [1.165, 1.54) is 11.3 Å². The number of anilines is 1. The lowest BCUT2D eigenvalue weighted by Crippen LogP contribution is -2.35. The number of aromatic nitrogens is 1. The van der Waals surface area contributed by atoms with Crippen LogP contribution >= 0.6 is 11.3 Å². The first kappa shape index (κ1) is 10.9. The van der Waals surface area contributed by atoms with E-state index in [1.807, 2.05) is 0 Å². The van der Waals surface area contributed by atoms with E-state index in [9.17, 15) is 0 Å². The van der Waals surface area contributed by atoms with Crippen molar-refractivity contribution in [3.05, 3.63) is 11.1 Å². The minimum Gasteiger partial charge on any atom is -0.375 e. The van der Waals surface area contributed by atoms with Crippen LogP contribution < -0.4 is 5.73 Å². The number of hydrogen-bond donors (Lipinski definition) is 1. The molecular formula is C11H18N2OS. The Morgan fingerprint density at radius 1 is 1.73 bits per heavy atom. The highest BCUT2D eigenvalue weighted by Gasteiger charge is 2.33. The van der Waals surface area contributed by atoms with Crippen LogP contribution in [0.25, 0.3) is 0 Å². The number of rotatable bonds is 2. The van der Waals surface area contributed by atoms with E-state index in [-0.39, 0.29) is 5.60 Å². The Morgan fingerprint density at radius 2 is 2.53 bits per heavy atom. The van der Waals surface area contributed by atoms with Crippen molar-refractivity contribution in [3.8, 4) is 0 Å². The van der Waals surface area contributed by atoms with Crippen molar-refractivity contribution in [2.45, 2.75) is 44.6 Å². The second-order valence-corrected chi connectivity index (χ2v) is 5.34. The van der Waals surface area contributed by atoms with Crippen molar-refractivity contribution < 1.29 is 4.74 Å². The molecule has 1 fully saturated rings. The molecule has 0 radical (unpaired) electrons. The Morgan fingerprint density at radius 3 is 3.13 bits per heavy atom. The quantitative estimate of drug-likeness (QED) is 0.843. The zero-order valence-corrected chi connectivity index (χ0v) is 10.1. The van der Waals surface area contributed by atoms with Crippen molar-refractivity contribution >= 4 is 16.5 Å². The monoisotopic (exact) mass is 226 g/mol. The molecule has 0 bridgehead atoms. The third kappa shape index (κ3) is 2.32. The highest BCUT2D eigenvalue weighted by Crippen LogP contribution is 2.37. The fourth-order valence-electron chi connectivity index (χ4n) is 2.12.